The Balaban J connectivity index is 1.77. The monoisotopic (exact) mass is 332 g/mol. The molecule has 6 nitrogen and oxygen atoms in total. The van der Waals surface area contributed by atoms with Crippen molar-refractivity contribution < 1.29 is 18.7 Å². The second-order valence-corrected chi connectivity index (χ2v) is 6.22. The van der Waals surface area contributed by atoms with Crippen LogP contribution in [0.1, 0.15) is 38.5 Å². The third-order valence-electron chi connectivity index (χ3n) is 4.44. The summed E-state index contributed by atoms with van der Waals surface area (Å²) in [5.41, 5.74) is 6.06. The molecule has 0 aliphatic carbocycles. The number of amides is 1. The molecule has 0 radical (unpaired) electrons. The Morgan fingerprint density at radius 1 is 1.42 bits per heavy atom. The van der Waals surface area contributed by atoms with E-state index in [1.165, 1.54) is 0 Å². The standard InChI is InChI=1S/C18H24N2O4/c1-3-23-14-6-4-5-13-11-15(24-16(13)14)12(2)20-17(21)18(19)7-9-22-10-8-18/h4-6,11-12H,3,7-10,19H2,1-2H3,(H,20,21). The Kier molecular flexibility index (Phi) is 4.78. The number of ether oxygens (including phenoxy) is 2. The van der Waals surface area contributed by atoms with Crippen LogP contribution in [-0.2, 0) is 9.53 Å². The molecular formula is C18H24N2O4. The first-order valence-electron chi connectivity index (χ1n) is 8.36. The average molecular weight is 332 g/mol. The molecule has 2 heterocycles. The van der Waals surface area contributed by atoms with Crippen LogP contribution in [0.25, 0.3) is 11.0 Å². The largest absolute Gasteiger partial charge is 0.490 e. The van der Waals surface area contributed by atoms with Gasteiger partial charge in [-0.15, -0.1) is 0 Å². The molecule has 3 N–H and O–H groups in total. The highest BCUT2D eigenvalue weighted by molar-refractivity contribution is 5.87. The summed E-state index contributed by atoms with van der Waals surface area (Å²) in [4.78, 5) is 12.5. The van der Waals surface area contributed by atoms with E-state index in [4.69, 9.17) is 19.6 Å². The van der Waals surface area contributed by atoms with Crippen LogP contribution in [0, 0.1) is 0 Å². The van der Waals surface area contributed by atoms with Gasteiger partial charge in [-0.1, -0.05) is 12.1 Å². The lowest BCUT2D eigenvalue weighted by Crippen LogP contribution is -2.57. The van der Waals surface area contributed by atoms with Crippen LogP contribution in [0.15, 0.2) is 28.7 Å². The third-order valence-corrected chi connectivity index (χ3v) is 4.44. The van der Waals surface area contributed by atoms with E-state index in [2.05, 4.69) is 5.32 Å². The number of nitrogens with two attached hydrogens (primary N) is 1. The highest BCUT2D eigenvalue weighted by atomic mass is 16.5. The first-order valence-corrected chi connectivity index (χ1v) is 8.36. The van der Waals surface area contributed by atoms with Crippen LogP contribution in [0.3, 0.4) is 0 Å². The maximum atomic E-state index is 12.5. The molecule has 130 valence electrons. The quantitative estimate of drug-likeness (QED) is 0.878. The molecule has 3 rings (SSSR count). The molecule has 1 aliphatic heterocycles. The number of hydrogen-bond acceptors (Lipinski definition) is 5. The molecule has 0 bridgehead atoms. The van der Waals surface area contributed by atoms with Crippen molar-refractivity contribution in [2.45, 2.75) is 38.3 Å². The van der Waals surface area contributed by atoms with Crippen LogP contribution in [0.4, 0.5) is 0 Å². The Labute approximate surface area is 141 Å². The van der Waals surface area contributed by atoms with E-state index in [9.17, 15) is 4.79 Å². The minimum atomic E-state index is -0.866. The predicted octanol–water partition coefficient (Wildman–Crippen LogP) is 2.52. The molecule has 1 fully saturated rings. The van der Waals surface area contributed by atoms with Gasteiger partial charge in [0.2, 0.25) is 5.91 Å². The zero-order chi connectivity index (χ0) is 17.2. The molecular weight excluding hydrogens is 308 g/mol. The van der Waals surface area contributed by atoms with E-state index >= 15 is 0 Å². The van der Waals surface area contributed by atoms with Crippen molar-refractivity contribution in [2.24, 2.45) is 5.73 Å². The fourth-order valence-electron chi connectivity index (χ4n) is 2.91. The van der Waals surface area contributed by atoms with Crippen molar-refractivity contribution in [3.63, 3.8) is 0 Å². The molecule has 1 saturated heterocycles. The van der Waals surface area contributed by atoms with Gasteiger partial charge in [0, 0.05) is 18.6 Å². The SMILES string of the molecule is CCOc1cccc2cc(C(C)NC(=O)C3(N)CCOCC3)oc12. The molecule has 1 amide bonds. The number of para-hydroxylation sites is 1. The highest BCUT2D eigenvalue weighted by Gasteiger charge is 2.36. The van der Waals surface area contributed by atoms with E-state index in [0.29, 0.717) is 49.8 Å². The summed E-state index contributed by atoms with van der Waals surface area (Å²) in [5, 5.41) is 3.91. The van der Waals surface area contributed by atoms with Gasteiger partial charge in [-0.25, -0.2) is 0 Å². The van der Waals surface area contributed by atoms with E-state index in [1.807, 2.05) is 38.1 Å². The second kappa shape index (κ2) is 6.83. The van der Waals surface area contributed by atoms with Crippen molar-refractivity contribution in [1.82, 2.24) is 5.32 Å². The summed E-state index contributed by atoms with van der Waals surface area (Å²) < 4.78 is 16.8. The van der Waals surface area contributed by atoms with Crippen LogP contribution in [0.5, 0.6) is 5.75 Å². The Hall–Kier alpha value is -2.05. The van der Waals surface area contributed by atoms with Gasteiger partial charge in [0.15, 0.2) is 11.3 Å². The number of benzene rings is 1. The van der Waals surface area contributed by atoms with Gasteiger partial charge >= 0.3 is 0 Å². The van der Waals surface area contributed by atoms with Crippen molar-refractivity contribution in [3.8, 4) is 5.75 Å². The molecule has 24 heavy (non-hydrogen) atoms. The fourth-order valence-corrected chi connectivity index (χ4v) is 2.91. The van der Waals surface area contributed by atoms with Crippen LogP contribution < -0.4 is 15.8 Å². The number of hydrogen-bond donors (Lipinski definition) is 2. The number of furan rings is 1. The topological polar surface area (TPSA) is 86.7 Å². The predicted molar refractivity (Wildman–Crippen MR) is 90.9 cm³/mol. The van der Waals surface area contributed by atoms with Gasteiger partial charge in [-0.3, -0.25) is 4.79 Å². The average Bonchev–Trinajstić information content (AvgIpc) is 3.01. The van der Waals surface area contributed by atoms with Crippen molar-refractivity contribution in [3.05, 3.63) is 30.0 Å². The second-order valence-electron chi connectivity index (χ2n) is 6.22. The maximum absolute atomic E-state index is 12.5. The zero-order valence-electron chi connectivity index (χ0n) is 14.1. The summed E-state index contributed by atoms with van der Waals surface area (Å²) in [6, 6.07) is 7.41. The van der Waals surface area contributed by atoms with E-state index in [0.717, 1.165) is 5.39 Å². The molecule has 0 saturated carbocycles. The number of fused-ring (bicyclic) bond motifs is 1. The van der Waals surface area contributed by atoms with E-state index in [1.54, 1.807) is 0 Å². The van der Waals surface area contributed by atoms with Crippen LogP contribution in [0.2, 0.25) is 0 Å². The van der Waals surface area contributed by atoms with Crippen molar-refractivity contribution in [2.75, 3.05) is 19.8 Å². The van der Waals surface area contributed by atoms with Gasteiger partial charge < -0.3 is 24.9 Å². The Morgan fingerprint density at radius 2 is 2.17 bits per heavy atom. The van der Waals surface area contributed by atoms with Gasteiger partial charge in [0.05, 0.1) is 18.2 Å². The van der Waals surface area contributed by atoms with Crippen LogP contribution in [-0.4, -0.2) is 31.3 Å². The lowest BCUT2D eigenvalue weighted by atomic mass is 9.90. The van der Waals surface area contributed by atoms with E-state index in [-0.39, 0.29) is 11.9 Å². The molecule has 1 aromatic carbocycles. The highest BCUT2D eigenvalue weighted by Crippen LogP contribution is 2.31. The minimum absolute atomic E-state index is 0.163. The first kappa shape index (κ1) is 16.8. The summed E-state index contributed by atoms with van der Waals surface area (Å²) in [6.45, 7) is 5.42. The number of carbonyl (C=O) groups is 1. The van der Waals surface area contributed by atoms with Crippen LogP contribution >= 0.6 is 0 Å². The number of carbonyl (C=O) groups excluding carboxylic acids is 1. The smallest absolute Gasteiger partial charge is 0.240 e. The lowest BCUT2D eigenvalue weighted by Gasteiger charge is -2.32. The molecule has 2 aromatic rings. The Morgan fingerprint density at radius 3 is 2.88 bits per heavy atom. The molecule has 1 aromatic heterocycles. The lowest BCUT2D eigenvalue weighted by molar-refractivity contribution is -0.130. The summed E-state index contributed by atoms with van der Waals surface area (Å²) in [5.74, 6) is 1.23. The van der Waals surface area contributed by atoms with Crippen molar-refractivity contribution in [1.29, 1.82) is 0 Å². The first-order chi connectivity index (χ1) is 11.5. The van der Waals surface area contributed by atoms with Gasteiger partial charge in [0.25, 0.3) is 0 Å². The Bertz CT molecular complexity index is 719. The maximum Gasteiger partial charge on any atom is 0.240 e. The molecule has 1 atom stereocenters. The fraction of sp³-hybridized carbons (Fsp3) is 0.500. The van der Waals surface area contributed by atoms with Gasteiger partial charge in [-0.2, -0.15) is 0 Å². The summed E-state index contributed by atoms with van der Waals surface area (Å²) in [6.07, 6.45) is 1.06. The molecule has 1 aliphatic rings. The third kappa shape index (κ3) is 3.25. The number of rotatable bonds is 5. The summed E-state index contributed by atoms with van der Waals surface area (Å²) >= 11 is 0. The van der Waals surface area contributed by atoms with E-state index < -0.39 is 5.54 Å². The molecule has 0 spiro atoms. The molecule has 1 unspecified atom stereocenters. The van der Waals surface area contributed by atoms with Gasteiger partial charge in [0.1, 0.15) is 5.76 Å². The van der Waals surface area contributed by atoms with Gasteiger partial charge in [-0.05, 0) is 38.8 Å². The molecule has 6 heteroatoms. The van der Waals surface area contributed by atoms with Crippen molar-refractivity contribution >= 4 is 16.9 Å². The summed E-state index contributed by atoms with van der Waals surface area (Å²) in [7, 11) is 0. The zero-order valence-corrected chi connectivity index (χ0v) is 14.1. The minimum Gasteiger partial charge on any atom is -0.490 e. The normalized spacial score (nSPS) is 18.3. The number of nitrogens with one attached hydrogen (secondary N) is 1.